The van der Waals surface area contributed by atoms with Crippen LogP contribution in [0.2, 0.25) is 0 Å². The van der Waals surface area contributed by atoms with Crippen molar-refractivity contribution in [2.45, 2.75) is 25.4 Å². The van der Waals surface area contributed by atoms with E-state index in [0.717, 1.165) is 31.0 Å². The van der Waals surface area contributed by atoms with Crippen molar-refractivity contribution in [3.63, 3.8) is 0 Å². The molecule has 7 nitrogen and oxygen atoms in total. The molecule has 3 rings (SSSR count). The number of benzene rings is 1. The third-order valence-corrected chi connectivity index (χ3v) is 4.72. The molecule has 0 saturated carbocycles. The monoisotopic (exact) mass is 373 g/mol. The minimum Gasteiger partial charge on any atom is -0.493 e. The number of amides is 1. The fraction of sp³-hybridized carbons (Fsp3) is 0.450. The predicted octanol–water partition coefficient (Wildman–Crippen LogP) is 2.08. The predicted molar refractivity (Wildman–Crippen MR) is 102 cm³/mol. The molecule has 1 aromatic carbocycles. The standard InChI is InChI=1S/C20H27N3O4/c1-25-19-11-15(6-7-18(19)27-14-20(21)24)12-22-13-16(17-5-4-10-26-17)23-8-2-3-9-23/h4-7,10-11,16,22H,2-3,8-9,12-14H2,1H3,(H2,21,24). The molecular weight excluding hydrogens is 346 g/mol. The molecule has 0 radical (unpaired) electrons. The van der Waals surface area contributed by atoms with Crippen molar-refractivity contribution in [2.24, 2.45) is 5.73 Å². The first-order chi connectivity index (χ1) is 13.2. The van der Waals surface area contributed by atoms with Gasteiger partial charge in [0.25, 0.3) is 5.91 Å². The van der Waals surface area contributed by atoms with Gasteiger partial charge in [-0.05, 0) is 55.8 Å². The number of rotatable bonds is 10. The summed E-state index contributed by atoms with van der Waals surface area (Å²) in [6.07, 6.45) is 4.20. The highest BCUT2D eigenvalue weighted by Crippen LogP contribution is 2.28. The van der Waals surface area contributed by atoms with Gasteiger partial charge >= 0.3 is 0 Å². The molecule has 1 amide bonds. The van der Waals surface area contributed by atoms with Gasteiger partial charge in [0.15, 0.2) is 18.1 Å². The summed E-state index contributed by atoms with van der Waals surface area (Å²) in [6.45, 7) is 3.53. The van der Waals surface area contributed by atoms with Crippen molar-refractivity contribution < 1.29 is 18.7 Å². The molecular formula is C20H27N3O4. The number of ether oxygens (including phenoxy) is 2. The summed E-state index contributed by atoms with van der Waals surface area (Å²) in [7, 11) is 1.57. The molecule has 2 aromatic rings. The van der Waals surface area contributed by atoms with E-state index in [1.807, 2.05) is 24.3 Å². The molecule has 0 aliphatic carbocycles. The second-order valence-corrected chi connectivity index (χ2v) is 6.65. The largest absolute Gasteiger partial charge is 0.493 e. The second kappa shape index (κ2) is 9.43. The topological polar surface area (TPSA) is 90.0 Å². The number of nitrogens with one attached hydrogen (secondary N) is 1. The molecule has 1 aliphatic heterocycles. The lowest BCUT2D eigenvalue weighted by atomic mass is 10.1. The van der Waals surface area contributed by atoms with Crippen LogP contribution in [0.3, 0.4) is 0 Å². The third-order valence-electron chi connectivity index (χ3n) is 4.72. The van der Waals surface area contributed by atoms with Gasteiger partial charge in [-0.3, -0.25) is 9.69 Å². The first kappa shape index (κ1) is 19.3. The Morgan fingerprint density at radius 2 is 2.11 bits per heavy atom. The summed E-state index contributed by atoms with van der Waals surface area (Å²) in [5, 5.41) is 3.52. The number of carbonyl (C=O) groups excluding carboxylic acids is 1. The van der Waals surface area contributed by atoms with E-state index < -0.39 is 5.91 Å². The summed E-state index contributed by atoms with van der Waals surface area (Å²) < 4.78 is 16.4. The minimum absolute atomic E-state index is 0.172. The quantitative estimate of drug-likeness (QED) is 0.663. The van der Waals surface area contributed by atoms with Gasteiger partial charge in [0, 0.05) is 13.1 Å². The lowest BCUT2D eigenvalue weighted by Gasteiger charge is -2.26. The molecule has 1 aromatic heterocycles. The number of methoxy groups -OCH3 is 1. The highest BCUT2D eigenvalue weighted by Gasteiger charge is 2.25. The molecule has 27 heavy (non-hydrogen) atoms. The van der Waals surface area contributed by atoms with E-state index in [1.165, 1.54) is 12.8 Å². The molecule has 7 heteroatoms. The van der Waals surface area contributed by atoms with Gasteiger partial charge < -0.3 is 24.9 Å². The third kappa shape index (κ3) is 5.24. The summed E-state index contributed by atoms with van der Waals surface area (Å²) >= 11 is 0. The van der Waals surface area contributed by atoms with Gasteiger partial charge in [-0.2, -0.15) is 0 Å². The summed E-state index contributed by atoms with van der Waals surface area (Å²) in [6, 6.07) is 9.86. The van der Waals surface area contributed by atoms with Crippen LogP contribution in [0.15, 0.2) is 41.0 Å². The van der Waals surface area contributed by atoms with E-state index >= 15 is 0 Å². The molecule has 1 aliphatic rings. The number of carbonyl (C=O) groups is 1. The fourth-order valence-corrected chi connectivity index (χ4v) is 3.39. The SMILES string of the molecule is COc1cc(CNCC(c2ccco2)N2CCCC2)ccc1OCC(N)=O. The Morgan fingerprint density at radius 1 is 1.30 bits per heavy atom. The maximum atomic E-state index is 10.9. The highest BCUT2D eigenvalue weighted by molar-refractivity contribution is 5.75. The van der Waals surface area contributed by atoms with Gasteiger partial charge in [0.1, 0.15) is 5.76 Å². The molecule has 1 unspecified atom stereocenters. The van der Waals surface area contributed by atoms with Crippen molar-refractivity contribution in [1.29, 1.82) is 0 Å². The minimum atomic E-state index is -0.520. The molecule has 1 atom stereocenters. The van der Waals surface area contributed by atoms with E-state index in [-0.39, 0.29) is 12.6 Å². The molecule has 0 spiro atoms. The van der Waals surface area contributed by atoms with Crippen LogP contribution in [-0.4, -0.2) is 44.2 Å². The van der Waals surface area contributed by atoms with E-state index in [1.54, 1.807) is 19.4 Å². The van der Waals surface area contributed by atoms with Gasteiger partial charge in [-0.25, -0.2) is 0 Å². The van der Waals surface area contributed by atoms with Crippen LogP contribution in [0, 0.1) is 0 Å². The van der Waals surface area contributed by atoms with Crippen LogP contribution in [0.25, 0.3) is 0 Å². The molecule has 0 bridgehead atoms. The van der Waals surface area contributed by atoms with Crippen LogP contribution in [0.1, 0.15) is 30.2 Å². The van der Waals surface area contributed by atoms with E-state index in [4.69, 9.17) is 19.6 Å². The normalized spacial score (nSPS) is 15.6. The maximum Gasteiger partial charge on any atom is 0.255 e. The van der Waals surface area contributed by atoms with Crippen molar-refractivity contribution in [3.05, 3.63) is 47.9 Å². The number of primary amides is 1. The maximum absolute atomic E-state index is 10.9. The van der Waals surface area contributed by atoms with Crippen LogP contribution >= 0.6 is 0 Å². The van der Waals surface area contributed by atoms with Crippen LogP contribution in [0.4, 0.5) is 0 Å². The zero-order chi connectivity index (χ0) is 19.1. The highest BCUT2D eigenvalue weighted by atomic mass is 16.5. The van der Waals surface area contributed by atoms with E-state index in [0.29, 0.717) is 18.0 Å². The Hall–Kier alpha value is -2.51. The number of furan rings is 1. The average Bonchev–Trinajstić information content (AvgIpc) is 3.38. The average molecular weight is 373 g/mol. The van der Waals surface area contributed by atoms with Gasteiger partial charge in [-0.1, -0.05) is 6.07 Å². The molecule has 2 heterocycles. The van der Waals surface area contributed by atoms with E-state index in [9.17, 15) is 4.79 Å². The zero-order valence-electron chi connectivity index (χ0n) is 15.6. The van der Waals surface area contributed by atoms with Crippen molar-refractivity contribution in [1.82, 2.24) is 10.2 Å². The van der Waals surface area contributed by atoms with Gasteiger partial charge in [0.2, 0.25) is 0 Å². The lowest BCUT2D eigenvalue weighted by molar-refractivity contribution is -0.119. The smallest absolute Gasteiger partial charge is 0.255 e. The van der Waals surface area contributed by atoms with E-state index in [2.05, 4.69) is 10.2 Å². The lowest BCUT2D eigenvalue weighted by Crippen LogP contribution is -2.33. The Balaban J connectivity index is 1.59. The fourth-order valence-electron chi connectivity index (χ4n) is 3.39. The number of hydrogen-bond acceptors (Lipinski definition) is 6. The summed E-state index contributed by atoms with van der Waals surface area (Å²) in [4.78, 5) is 13.4. The molecule has 3 N–H and O–H groups in total. The number of nitrogens with two attached hydrogens (primary N) is 1. The second-order valence-electron chi connectivity index (χ2n) is 6.65. The summed E-state index contributed by atoms with van der Waals surface area (Å²) in [5.74, 6) is 1.56. The molecule has 1 saturated heterocycles. The Kier molecular flexibility index (Phi) is 6.73. The Labute approximate surface area is 159 Å². The van der Waals surface area contributed by atoms with Gasteiger partial charge in [-0.15, -0.1) is 0 Å². The Bertz CT molecular complexity index is 727. The first-order valence-corrected chi connectivity index (χ1v) is 9.23. The van der Waals surface area contributed by atoms with Crippen molar-refractivity contribution in [2.75, 3.05) is 33.4 Å². The van der Waals surface area contributed by atoms with Crippen LogP contribution in [0.5, 0.6) is 11.5 Å². The Morgan fingerprint density at radius 3 is 2.78 bits per heavy atom. The number of likely N-dealkylation sites (tertiary alicyclic amines) is 1. The molecule has 1 fully saturated rings. The summed E-state index contributed by atoms with van der Waals surface area (Å²) in [5.41, 5.74) is 6.19. The zero-order valence-corrected chi connectivity index (χ0v) is 15.6. The van der Waals surface area contributed by atoms with Crippen LogP contribution in [-0.2, 0) is 11.3 Å². The number of hydrogen-bond donors (Lipinski definition) is 2. The number of nitrogens with zero attached hydrogens (tertiary/aromatic N) is 1. The van der Waals surface area contributed by atoms with Gasteiger partial charge in [0.05, 0.1) is 19.4 Å². The van der Waals surface area contributed by atoms with Crippen molar-refractivity contribution >= 4 is 5.91 Å². The van der Waals surface area contributed by atoms with Crippen LogP contribution < -0.4 is 20.5 Å². The molecule has 146 valence electrons. The first-order valence-electron chi connectivity index (χ1n) is 9.23. The van der Waals surface area contributed by atoms with Crippen molar-refractivity contribution in [3.8, 4) is 11.5 Å².